The molecule has 0 bridgehead atoms. The Morgan fingerprint density at radius 2 is 1.90 bits per heavy atom. The van der Waals surface area contributed by atoms with Crippen molar-refractivity contribution in [2.75, 3.05) is 11.9 Å². The number of benzene rings is 1. The molecule has 0 spiro atoms. The summed E-state index contributed by atoms with van der Waals surface area (Å²) in [6.45, 7) is 7.49. The van der Waals surface area contributed by atoms with Gasteiger partial charge in [-0.1, -0.05) is 36.7 Å². The minimum absolute atomic E-state index is 0.251. The Kier molecular flexibility index (Phi) is 6.41. The first-order valence-corrected chi connectivity index (χ1v) is 8.18. The number of carbonyl (C=O) groups is 2. The average Bonchev–Trinajstić information content (AvgIpc) is 2.31. The molecule has 21 heavy (non-hydrogen) atoms. The lowest BCUT2D eigenvalue weighted by Gasteiger charge is -2.27. The van der Waals surface area contributed by atoms with Gasteiger partial charge in [0, 0.05) is 8.95 Å². The van der Waals surface area contributed by atoms with E-state index in [9.17, 15) is 9.59 Å². The summed E-state index contributed by atoms with van der Waals surface area (Å²) in [6.07, 6.45) is 0. The van der Waals surface area contributed by atoms with E-state index in [2.05, 4.69) is 37.2 Å². The first-order chi connectivity index (χ1) is 9.66. The van der Waals surface area contributed by atoms with Gasteiger partial charge in [0.25, 0.3) is 0 Å². The monoisotopic (exact) mass is 419 g/mol. The number of anilines is 1. The van der Waals surface area contributed by atoms with Crippen molar-refractivity contribution < 1.29 is 14.3 Å². The molecule has 1 aromatic carbocycles. The Morgan fingerprint density at radius 3 is 2.38 bits per heavy atom. The van der Waals surface area contributed by atoms with E-state index in [0.717, 1.165) is 8.95 Å². The molecule has 1 rings (SSSR count). The molecule has 0 fully saturated rings. The van der Waals surface area contributed by atoms with Gasteiger partial charge < -0.3 is 10.1 Å². The quantitative estimate of drug-likeness (QED) is 0.580. The van der Waals surface area contributed by atoms with Crippen LogP contribution >= 0.6 is 31.9 Å². The van der Waals surface area contributed by atoms with Crippen LogP contribution in [0.25, 0.3) is 0 Å². The molecular formula is C15H19Br2NO3. The van der Waals surface area contributed by atoms with E-state index < -0.39 is 17.3 Å². The summed E-state index contributed by atoms with van der Waals surface area (Å²) in [5.74, 6) is -1.74. The number of rotatable bonds is 4. The summed E-state index contributed by atoms with van der Waals surface area (Å²) in [4.78, 5) is 24.5. The molecule has 0 aliphatic heterocycles. The fraction of sp³-hybridized carbons (Fsp3) is 0.467. The second kappa shape index (κ2) is 7.40. The van der Waals surface area contributed by atoms with E-state index in [-0.39, 0.29) is 12.5 Å². The number of ether oxygens (including phenoxy) is 1. The predicted octanol–water partition coefficient (Wildman–Crippen LogP) is 4.38. The highest BCUT2D eigenvalue weighted by Crippen LogP contribution is 2.31. The van der Waals surface area contributed by atoms with Crippen molar-refractivity contribution in [3.8, 4) is 0 Å². The van der Waals surface area contributed by atoms with Crippen LogP contribution < -0.4 is 5.32 Å². The van der Waals surface area contributed by atoms with Crippen molar-refractivity contribution >= 4 is 49.4 Å². The SMILES string of the molecule is CCOC(=O)C(C(=O)Nc1ccc(Br)cc1Br)C(C)(C)C. The highest BCUT2D eigenvalue weighted by molar-refractivity contribution is 9.11. The lowest BCUT2D eigenvalue weighted by Crippen LogP contribution is -2.40. The number of carbonyl (C=O) groups excluding carboxylic acids is 2. The third kappa shape index (κ3) is 5.11. The Morgan fingerprint density at radius 1 is 1.29 bits per heavy atom. The Labute approximate surface area is 141 Å². The fourth-order valence-electron chi connectivity index (χ4n) is 1.88. The van der Waals surface area contributed by atoms with Gasteiger partial charge in [0.15, 0.2) is 0 Å². The number of amides is 1. The van der Waals surface area contributed by atoms with Crippen LogP contribution in [-0.4, -0.2) is 18.5 Å². The highest BCUT2D eigenvalue weighted by Gasteiger charge is 2.39. The smallest absolute Gasteiger partial charge is 0.319 e. The topological polar surface area (TPSA) is 55.4 Å². The van der Waals surface area contributed by atoms with Crippen molar-refractivity contribution in [1.82, 2.24) is 0 Å². The van der Waals surface area contributed by atoms with E-state index in [0.29, 0.717) is 5.69 Å². The molecular weight excluding hydrogens is 402 g/mol. The van der Waals surface area contributed by atoms with E-state index in [4.69, 9.17) is 4.74 Å². The van der Waals surface area contributed by atoms with Gasteiger partial charge in [-0.05, 0) is 46.5 Å². The van der Waals surface area contributed by atoms with Crippen LogP contribution in [0.1, 0.15) is 27.7 Å². The first-order valence-electron chi connectivity index (χ1n) is 6.59. The second-order valence-corrected chi connectivity index (χ2v) is 7.43. The van der Waals surface area contributed by atoms with Gasteiger partial charge >= 0.3 is 5.97 Å². The average molecular weight is 421 g/mol. The lowest BCUT2D eigenvalue weighted by atomic mass is 9.80. The fourth-order valence-corrected chi connectivity index (χ4v) is 3.02. The second-order valence-electron chi connectivity index (χ2n) is 5.66. The van der Waals surface area contributed by atoms with Crippen molar-refractivity contribution in [3.05, 3.63) is 27.1 Å². The zero-order valence-corrected chi connectivity index (χ0v) is 15.7. The van der Waals surface area contributed by atoms with Crippen molar-refractivity contribution in [1.29, 1.82) is 0 Å². The van der Waals surface area contributed by atoms with E-state index in [1.807, 2.05) is 32.9 Å². The van der Waals surface area contributed by atoms with Crippen LogP contribution in [0.2, 0.25) is 0 Å². The summed E-state index contributed by atoms with van der Waals surface area (Å²) in [5.41, 5.74) is 0.0831. The van der Waals surface area contributed by atoms with Crippen LogP contribution in [0.3, 0.4) is 0 Å². The number of hydrogen-bond acceptors (Lipinski definition) is 3. The van der Waals surface area contributed by atoms with Gasteiger partial charge in [-0.15, -0.1) is 0 Å². The van der Waals surface area contributed by atoms with E-state index in [1.165, 1.54) is 0 Å². The molecule has 0 aliphatic rings. The molecule has 0 saturated carbocycles. The Bertz CT molecular complexity index is 538. The Balaban J connectivity index is 2.99. The normalized spacial score (nSPS) is 12.7. The van der Waals surface area contributed by atoms with Gasteiger partial charge in [-0.25, -0.2) is 0 Å². The summed E-state index contributed by atoms with van der Waals surface area (Å²) in [5, 5.41) is 2.78. The van der Waals surface area contributed by atoms with Gasteiger partial charge in [0.2, 0.25) is 5.91 Å². The van der Waals surface area contributed by atoms with Gasteiger partial charge in [-0.3, -0.25) is 9.59 Å². The van der Waals surface area contributed by atoms with Crippen molar-refractivity contribution in [3.63, 3.8) is 0 Å². The number of esters is 1. The molecule has 0 heterocycles. The Hall–Kier alpha value is -0.880. The highest BCUT2D eigenvalue weighted by atomic mass is 79.9. The summed E-state index contributed by atoms with van der Waals surface area (Å²) >= 11 is 6.73. The minimum atomic E-state index is -0.868. The van der Waals surface area contributed by atoms with Crippen LogP contribution in [0.15, 0.2) is 27.1 Å². The largest absolute Gasteiger partial charge is 0.465 e. The third-order valence-electron chi connectivity index (χ3n) is 2.84. The summed E-state index contributed by atoms with van der Waals surface area (Å²) in [6, 6.07) is 5.40. The molecule has 4 nitrogen and oxygen atoms in total. The van der Waals surface area contributed by atoms with Crippen LogP contribution in [-0.2, 0) is 14.3 Å². The summed E-state index contributed by atoms with van der Waals surface area (Å²) in [7, 11) is 0. The van der Waals surface area contributed by atoms with E-state index in [1.54, 1.807) is 13.0 Å². The van der Waals surface area contributed by atoms with Crippen molar-refractivity contribution in [2.24, 2.45) is 11.3 Å². The molecule has 6 heteroatoms. The molecule has 1 atom stereocenters. The van der Waals surface area contributed by atoms with Gasteiger partial charge in [0.05, 0.1) is 12.3 Å². The molecule has 0 aliphatic carbocycles. The van der Waals surface area contributed by atoms with Gasteiger partial charge in [0.1, 0.15) is 5.92 Å². The van der Waals surface area contributed by atoms with Crippen LogP contribution in [0.5, 0.6) is 0 Å². The zero-order valence-electron chi connectivity index (χ0n) is 12.5. The number of hydrogen-bond donors (Lipinski definition) is 1. The molecule has 116 valence electrons. The number of halogens is 2. The standard InChI is InChI=1S/C15H19Br2NO3/c1-5-21-14(20)12(15(2,3)4)13(19)18-11-7-6-9(16)8-10(11)17/h6-8,12H,5H2,1-4H3,(H,18,19). The lowest BCUT2D eigenvalue weighted by molar-refractivity contribution is -0.155. The molecule has 0 aromatic heterocycles. The summed E-state index contributed by atoms with van der Waals surface area (Å²) < 4.78 is 6.65. The third-order valence-corrected chi connectivity index (χ3v) is 3.99. The van der Waals surface area contributed by atoms with E-state index >= 15 is 0 Å². The van der Waals surface area contributed by atoms with Crippen LogP contribution in [0, 0.1) is 11.3 Å². The number of nitrogens with one attached hydrogen (secondary N) is 1. The van der Waals surface area contributed by atoms with Gasteiger partial charge in [-0.2, -0.15) is 0 Å². The maximum Gasteiger partial charge on any atom is 0.319 e. The minimum Gasteiger partial charge on any atom is -0.465 e. The van der Waals surface area contributed by atoms with Crippen LogP contribution in [0.4, 0.5) is 5.69 Å². The van der Waals surface area contributed by atoms with Crippen molar-refractivity contribution in [2.45, 2.75) is 27.7 Å². The molecule has 1 N–H and O–H groups in total. The maximum absolute atomic E-state index is 12.5. The molecule has 1 unspecified atom stereocenters. The molecule has 1 amide bonds. The predicted molar refractivity (Wildman–Crippen MR) is 90.0 cm³/mol. The molecule has 0 radical (unpaired) electrons. The maximum atomic E-state index is 12.5. The molecule has 1 aromatic rings. The zero-order chi connectivity index (χ0) is 16.2. The molecule has 0 saturated heterocycles. The first kappa shape index (κ1) is 18.2.